The van der Waals surface area contributed by atoms with E-state index in [2.05, 4.69) is 191 Å². The molecule has 4 heterocycles. The molecule has 52 heavy (non-hydrogen) atoms. The minimum atomic E-state index is 1.09. The molecule has 0 radical (unpaired) electrons. The normalized spacial score (nSPS) is 12.8. The van der Waals surface area contributed by atoms with Crippen molar-refractivity contribution in [1.82, 2.24) is 13.5 Å². The molecule has 0 atom stereocenters. The Morgan fingerprint density at radius 2 is 1.06 bits per heavy atom. The van der Waals surface area contributed by atoms with Crippen LogP contribution in [0.3, 0.4) is 0 Å². The number of nitrogens with zero attached hydrogens (tertiary/aromatic N) is 3. The molecule has 0 aliphatic rings. The first-order valence-corrected chi connectivity index (χ1v) is 17.9. The van der Waals surface area contributed by atoms with Crippen molar-refractivity contribution in [1.29, 1.82) is 0 Å². The van der Waals surface area contributed by atoms with Crippen LogP contribution < -0.4 is 0 Å². The van der Waals surface area contributed by atoms with Gasteiger partial charge in [-0.05, 0) is 78.7 Å². The Hall–Kier alpha value is -6.84. The summed E-state index contributed by atoms with van der Waals surface area (Å²) in [5.74, 6) is 0. The Morgan fingerprint density at radius 1 is 0.481 bits per heavy atom. The molecule has 0 N–H and O–H groups in total. The van der Waals surface area contributed by atoms with Gasteiger partial charge in [0.25, 0.3) is 0 Å². The highest BCUT2D eigenvalue weighted by Gasteiger charge is 2.20. The fourth-order valence-corrected chi connectivity index (χ4v) is 8.91. The lowest BCUT2D eigenvalue weighted by atomic mass is 10.0. The highest BCUT2D eigenvalue weighted by molar-refractivity contribution is 6.23. The lowest BCUT2D eigenvalue weighted by molar-refractivity contribution is 1.18. The summed E-state index contributed by atoms with van der Waals surface area (Å²) in [5, 5.41) is 10.2. The molecule has 11 aromatic rings. The number of benzene rings is 7. The smallest absolute Gasteiger partial charge is 0.0620 e. The fraction of sp³-hybridized carbons (Fsp3) is 0.0204. The van der Waals surface area contributed by atoms with Crippen molar-refractivity contribution < 1.29 is 0 Å². The molecule has 3 heteroatoms. The van der Waals surface area contributed by atoms with Gasteiger partial charge in [0.15, 0.2) is 0 Å². The van der Waals surface area contributed by atoms with E-state index in [0.29, 0.717) is 0 Å². The van der Waals surface area contributed by atoms with Crippen LogP contribution in [0.1, 0.15) is 6.92 Å². The minimum Gasteiger partial charge on any atom is -0.309 e. The molecule has 7 aromatic carbocycles. The first-order chi connectivity index (χ1) is 25.7. The maximum Gasteiger partial charge on any atom is 0.0620 e. The van der Waals surface area contributed by atoms with Crippen molar-refractivity contribution in [3.63, 3.8) is 0 Å². The van der Waals surface area contributed by atoms with E-state index in [1.165, 1.54) is 92.8 Å². The maximum absolute atomic E-state index is 4.01. The summed E-state index contributed by atoms with van der Waals surface area (Å²) >= 11 is 0. The van der Waals surface area contributed by atoms with Crippen molar-refractivity contribution in [3.05, 3.63) is 176 Å². The largest absolute Gasteiger partial charge is 0.309 e. The molecule has 4 aromatic heterocycles. The summed E-state index contributed by atoms with van der Waals surface area (Å²) in [7, 11) is 0. The average molecular weight is 664 g/mol. The van der Waals surface area contributed by atoms with Gasteiger partial charge in [-0.1, -0.05) is 116 Å². The first kappa shape index (κ1) is 28.9. The van der Waals surface area contributed by atoms with Crippen LogP contribution >= 0.6 is 0 Å². The number of aromatic nitrogens is 3. The van der Waals surface area contributed by atoms with Crippen LogP contribution in [0, 0.1) is 0 Å². The molecule has 3 nitrogen and oxygen atoms in total. The Labute approximate surface area is 300 Å². The fourth-order valence-electron chi connectivity index (χ4n) is 8.91. The van der Waals surface area contributed by atoms with Crippen LogP contribution in [0.4, 0.5) is 0 Å². The zero-order valence-electron chi connectivity index (χ0n) is 28.7. The highest BCUT2D eigenvalue weighted by atomic mass is 15.0. The molecule has 0 amide bonds. The summed E-state index contributed by atoms with van der Waals surface area (Å²) in [6, 6.07) is 53.8. The molecule has 0 unspecified atom stereocenters. The molecule has 0 saturated heterocycles. The van der Waals surface area contributed by atoms with Crippen molar-refractivity contribution in [2.45, 2.75) is 6.92 Å². The number of fused-ring (bicyclic) bond motifs is 12. The summed E-state index contributed by atoms with van der Waals surface area (Å²) in [6.45, 7) is 6.07. The van der Waals surface area contributed by atoms with Crippen LogP contribution in [-0.2, 0) is 0 Å². The van der Waals surface area contributed by atoms with Crippen molar-refractivity contribution in [3.8, 4) is 16.8 Å². The Balaban J connectivity index is 1.13. The second-order valence-corrected chi connectivity index (χ2v) is 13.8. The van der Waals surface area contributed by atoms with Gasteiger partial charge in [-0.15, -0.1) is 0 Å². The first-order valence-electron chi connectivity index (χ1n) is 17.9. The van der Waals surface area contributed by atoms with Crippen molar-refractivity contribution in [2.75, 3.05) is 0 Å². The zero-order valence-corrected chi connectivity index (χ0v) is 28.7. The number of hydrogen-bond acceptors (Lipinski definition) is 0. The number of allylic oxidation sites excluding steroid dienone is 5. The summed E-state index contributed by atoms with van der Waals surface area (Å²) in [5.41, 5.74) is 13.2. The molecule has 0 spiro atoms. The number of hydrogen-bond donors (Lipinski definition) is 0. The third-order valence-electron chi connectivity index (χ3n) is 11.0. The van der Waals surface area contributed by atoms with E-state index in [1.54, 1.807) is 0 Å². The van der Waals surface area contributed by atoms with Gasteiger partial charge in [-0.3, -0.25) is 0 Å². The standard InChI is InChI=1S/C49H33N3/c1-3-12-33(13-4-2)50-43-19-8-5-14-35(43)38-25-22-32(29-47(38)50)31-23-27-46-42(28-31)37-16-7-9-20-44(37)51(46)34-24-26-39-41-18-11-17-40-36-15-6-10-21-45(36)52(49(40)41)48(39)30-34/h3-30H,1H2,2H3/b13-4-,33-12+. The maximum atomic E-state index is 4.01. The monoisotopic (exact) mass is 663 g/mol. The molecular formula is C49H33N3. The Morgan fingerprint density at radius 3 is 1.83 bits per heavy atom. The highest BCUT2D eigenvalue weighted by Crippen LogP contribution is 2.42. The SMILES string of the molecule is C=C/C=C(\C=C/C)n1c2ccccc2c2ccc(-c3ccc4c(c3)c3ccccc3n4-c3ccc4c5cccc6c7ccccc7n(c4c3)c65)cc21. The van der Waals surface area contributed by atoms with E-state index < -0.39 is 0 Å². The molecule has 0 aliphatic carbocycles. The quantitative estimate of drug-likeness (QED) is 0.163. The molecule has 11 rings (SSSR count). The third kappa shape index (κ3) is 3.85. The Kier molecular flexibility index (Phi) is 6.03. The van der Waals surface area contributed by atoms with Crippen molar-refractivity contribution >= 4 is 87.4 Å². The van der Waals surface area contributed by atoms with E-state index in [0.717, 1.165) is 11.4 Å². The van der Waals surface area contributed by atoms with Gasteiger partial charge in [-0.25, -0.2) is 0 Å². The zero-order chi connectivity index (χ0) is 34.5. The molecule has 0 aliphatic heterocycles. The van der Waals surface area contributed by atoms with E-state index >= 15 is 0 Å². The van der Waals surface area contributed by atoms with Gasteiger partial charge in [0.2, 0.25) is 0 Å². The van der Waals surface area contributed by atoms with Crippen LogP contribution in [-0.4, -0.2) is 13.5 Å². The summed E-state index contributed by atoms with van der Waals surface area (Å²) in [6.07, 6.45) is 8.19. The van der Waals surface area contributed by atoms with Gasteiger partial charge in [0, 0.05) is 54.5 Å². The van der Waals surface area contributed by atoms with E-state index in [9.17, 15) is 0 Å². The average Bonchev–Trinajstić information content (AvgIpc) is 3.91. The molecule has 244 valence electrons. The predicted octanol–water partition coefficient (Wildman–Crippen LogP) is 13.3. The van der Waals surface area contributed by atoms with Crippen LogP contribution in [0.15, 0.2) is 176 Å². The topological polar surface area (TPSA) is 14.3 Å². The van der Waals surface area contributed by atoms with Gasteiger partial charge in [0.05, 0.1) is 38.6 Å². The third-order valence-corrected chi connectivity index (χ3v) is 11.0. The molecule has 0 fully saturated rings. The van der Waals surface area contributed by atoms with Gasteiger partial charge < -0.3 is 13.5 Å². The second-order valence-electron chi connectivity index (χ2n) is 13.8. The van der Waals surface area contributed by atoms with E-state index in [4.69, 9.17) is 0 Å². The van der Waals surface area contributed by atoms with E-state index in [1.807, 2.05) is 6.08 Å². The van der Waals surface area contributed by atoms with Gasteiger partial charge >= 0.3 is 0 Å². The Bertz CT molecular complexity index is 3320. The number of para-hydroxylation sites is 4. The van der Waals surface area contributed by atoms with Crippen LogP contribution in [0.5, 0.6) is 0 Å². The van der Waals surface area contributed by atoms with Crippen LogP contribution in [0.25, 0.3) is 104 Å². The summed E-state index contributed by atoms with van der Waals surface area (Å²) < 4.78 is 7.26. The van der Waals surface area contributed by atoms with E-state index in [-0.39, 0.29) is 0 Å². The van der Waals surface area contributed by atoms with Gasteiger partial charge in [0.1, 0.15) is 0 Å². The lowest BCUT2D eigenvalue weighted by Gasteiger charge is -2.11. The van der Waals surface area contributed by atoms with Crippen molar-refractivity contribution in [2.24, 2.45) is 0 Å². The second kappa shape index (κ2) is 10.8. The van der Waals surface area contributed by atoms with Gasteiger partial charge in [-0.2, -0.15) is 0 Å². The predicted molar refractivity (Wildman–Crippen MR) is 223 cm³/mol. The minimum absolute atomic E-state index is 1.09. The summed E-state index contributed by atoms with van der Waals surface area (Å²) in [4.78, 5) is 0. The number of rotatable bonds is 5. The molecule has 0 bridgehead atoms. The lowest BCUT2D eigenvalue weighted by Crippen LogP contribution is -1.95. The van der Waals surface area contributed by atoms with Crippen LogP contribution in [0.2, 0.25) is 0 Å². The molecular weight excluding hydrogens is 631 g/mol. The molecule has 0 saturated carbocycles.